The number of sulfonamides is 1. The molecule has 0 fully saturated rings. The molecule has 0 spiro atoms. The van der Waals surface area contributed by atoms with Gasteiger partial charge in [-0.3, -0.25) is 13.9 Å². The van der Waals surface area contributed by atoms with E-state index in [4.69, 9.17) is 0 Å². The smallest absolute Gasteiger partial charge is 0.264 e. The number of carbonyl (C=O) groups excluding carboxylic acids is 2. The van der Waals surface area contributed by atoms with Crippen LogP contribution in [0.15, 0.2) is 114 Å². The van der Waals surface area contributed by atoms with Crippen molar-refractivity contribution in [3.8, 4) is 0 Å². The van der Waals surface area contributed by atoms with Crippen LogP contribution in [0.1, 0.15) is 48.9 Å². The zero-order valence-corrected chi connectivity index (χ0v) is 27.2. The van der Waals surface area contributed by atoms with Gasteiger partial charge in [-0.2, -0.15) is 0 Å². The number of rotatable bonds is 15. The summed E-state index contributed by atoms with van der Waals surface area (Å²) in [4.78, 5) is 29.9. The molecule has 4 aromatic carbocycles. The Bertz CT molecular complexity index is 1630. The molecule has 0 saturated carbocycles. The molecule has 0 aliphatic heterocycles. The predicted octanol–water partition coefficient (Wildman–Crippen LogP) is 6.31. The normalized spacial score (nSPS) is 11.9. The molecule has 1 atom stereocenters. The SMILES string of the molecule is CCCCNC(=O)[C@@H](Cc1ccccc1)N(Cc1ccc(C)cc1)C(=O)CN(c1ccc(CC)cc1)S(=O)(=O)c1ccccc1. The first kappa shape index (κ1) is 33.5. The standard InChI is InChI=1S/C37H43N3O4S/c1-4-6-25-38-37(42)35(26-31-13-9-7-10-14-31)39(27-32-19-17-29(3)18-20-32)36(41)28-40(33-23-21-30(5-2)22-24-33)45(43,44)34-15-11-8-12-16-34/h7-24,35H,4-6,25-28H2,1-3H3,(H,38,42)/t35-/m1/s1. The quantitative estimate of drug-likeness (QED) is 0.157. The number of benzene rings is 4. The second-order valence-corrected chi connectivity index (χ2v) is 13.1. The van der Waals surface area contributed by atoms with Crippen LogP contribution >= 0.6 is 0 Å². The van der Waals surface area contributed by atoms with E-state index in [0.717, 1.165) is 45.8 Å². The van der Waals surface area contributed by atoms with Crippen molar-refractivity contribution in [1.29, 1.82) is 0 Å². The summed E-state index contributed by atoms with van der Waals surface area (Å²) in [5.74, 6) is -0.737. The van der Waals surface area contributed by atoms with Gasteiger partial charge in [0.2, 0.25) is 11.8 Å². The maximum absolute atomic E-state index is 14.5. The van der Waals surface area contributed by atoms with Gasteiger partial charge in [0.1, 0.15) is 12.6 Å². The Kier molecular flexibility index (Phi) is 11.9. The average Bonchev–Trinajstić information content (AvgIpc) is 3.07. The molecular weight excluding hydrogens is 582 g/mol. The van der Waals surface area contributed by atoms with Crippen LogP contribution in [0.3, 0.4) is 0 Å². The number of unbranched alkanes of at least 4 members (excludes halogenated alkanes) is 1. The third-order valence-electron chi connectivity index (χ3n) is 7.82. The summed E-state index contributed by atoms with van der Waals surface area (Å²) < 4.78 is 29.3. The van der Waals surface area contributed by atoms with E-state index in [2.05, 4.69) is 12.2 Å². The van der Waals surface area contributed by atoms with E-state index in [0.29, 0.717) is 12.2 Å². The van der Waals surface area contributed by atoms with Crippen molar-refractivity contribution in [2.75, 3.05) is 17.4 Å². The Labute approximate surface area is 268 Å². The van der Waals surface area contributed by atoms with Crippen LogP contribution < -0.4 is 9.62 Å². The van der Waals surface area contributed by atoms with Gasteiger partial charge in [0.25, 0.3) is 10.0 Å². The summed E-state index contributed by atoms with van der Waals surface area (Å²) in [6, 6.07) is 31.9. The molecule has 0 heterocycles. The molecular formula is C37H43N3O4S. The van der Waals surface area contributed by atoms with Crippen LogP contribution in [0, 0.1) is 6.92 Å². The number of amides is 2. The van der Waals surface area contributed by atoms with Gasteiger partial charge >= 0.3 is 0 Å². The Morgan fingerprint density at radius 3 is 1.96 bits per heavy atom. The highest BCUT2D eigenvalue weighted by atomic mass is 32.2. The molecule has 0 aromatic heterocycles. The molecule has 0 saturated heterocycles. The van der Waals surface area contributed by atoms with E-state index in [-0.39, 0.29) is 23.8 Å². The Morgan fingerprint density at radius 2 is 1.36 bits per heavy atom. The molecule has 0 radical (unpaired) electrons. The molecule has 0 unspecified atom stereocenters. The average molecular weight is 626 g/mol. The molecule has 0 aliphatic carbocycles. The third-order valence-corrected chi connectivity index (χ3v) is 9.60. The van der Waals surface area contributed by atoms with E-state index in [1.807, 2.05) is 80.6 Å². The van der Waals surface area contributed by atoms with Crippen LogP contribution in [0.2, 0.25) is 0 Å². The van der Waals surface area contributed by atoms with Crippen LogP contribution in [0.4, 0.5) is 5.69 Å². The fourth-order valence-corrected chi connectivity index (χ4v) is 6.53. The molecule has 0 bridgehead atoms. The van der Waals surface area contributed by atoms with Gasteiger partial charge in [0, 0.05) is 19.5 Å². The predicted molar refractivity (Wildman–Crippen MR) is 180 cm³/mol. The van der Waals surface area contributed by atoms with Crippen molar-refractivity contribution >= 4 is 27.5 Å². The van der Waals surface area contributed by atoms with Crippen molar-refractivity contribution in [3.05, 3.63) is 131 Å². The van der Waals surface area contributed by atoms with Gasteiger partial charge in [-0.05, 0) is 60.7 Å². The topological polar surface area (TPSA) is 86.8 Å². The first-order valence-electron chi connectivity index (χ1n) is 15.6. The minimum Gasteiger partial charge on any atom is -0.354 e. The Hall–Kier alpha value is -4.43. The van der Waals surface area contributed by atoms with E-state index in [1.54, 1.807) is 30.3 Å². The van der Waals surface area contributed by atoms with Gasteiger partial charge in [0.15, 0.2) is 0 Å². The number of carbonyl (C=O) groups is 2. The third kappa shape index (κ3) is 9.05. The maximum Gasteiger partial charge on any atom is 0.264 e. The van der Waals surface area contributed by atoms with Crippen molar-refractivity contribution < 1.29 is 18.0 Å². The number of anilines is 1. The molecule has 45 heavy (non-hydrogen) atoms. The van der Waals surface area contributed by atoms with E-state index in [9.17, 15) is 18.0 Å². The van der Waals surface area contributed by atoms with Crippen molar-refractivity contribution in [2.45, 2.75) is 63.9 Å². The minimum atomic E-state index is -4.12. The van der Waals surface area contributed by atoms with Gasteiger partial charge < -0.3 is 10.2 Å². The summed E-state index contributed by atoms with van der Waals surface area (Å²) in [6.45, 7) is 6.23. The maximum atomic E-state index is 14.5. The second-order valence-electron chi connectivity index (χ2n) is 11.2. The van der Waals surface area contributed by atoms with Gasteiger partial charge in [-0.25, -0.2) is 8.42 Å². The van der Waals surface area contributed by atoms with Crippen molar-refractivity contribution in [1.82, 2.24) is 10.2 Å². The lowest BCUT2D eigenvalue weighted by Crippen LogP contribution is -2.53. The van der Waals surface area contributed by atoms with Crippen molar-refractivity contribution in [2.24, 2.45) is 0 Å². The lowest BCUT2D eigenvalue weighted by molar-refractivity contribution is -0.140. The molecule has 8 heteroatoms. The minimum absolute atomic E-state index is 0.0839. The largest absolute Gasteiger partial charge is 0.354 e. The molecule has 236 valence electrons. The van der Waals surface area contributed by atoms with Gasteiger partial charge in [-0.15, -0.1) is 0 Å². The summed E-state index contributed by atoms with van der Waals surface area (Å²) in [7, 11) is -4.12. The number of hydrogen-bond donors (Lipinski definition) is 1. The Morgan fingerprint density at radius 1 is 0.756 bits per heavy atom. The zero-order valence-electron chi connectivity index (χ0n) is 26.4. The molecule has 1 N–H and O–H groups in total. The molecule has 4 aromatic rings. The second kappa shape index (κ2) is 16.0. The van der Waals surface area contributed by atoms with Crippen LogP contribution in [-0.4, -0.2) is 44.3 Å². The lowest BCUT2D eigenvalue weighted by atomic mass is 10.0. The van der Waals surface area contributed by atoms with Gasteiger partial charge in [-0.1, -0.05) is 111 Å². The monoisotopic (exact) mass is 625 g/mol. The highest BCUT2D eigenvalue weighted by Gasteiger charge is 2.34. The summed E-state index contributed by atoms with van der Waals surface area (Å²) >= 11 is 0. The van der Waals surface area contributed by atoms with E-state index in [1.165, 1.54) is 17.0 Å². The fourth-order valence-electron chi connectivity index (χ4n) is 5.10. The number of hydrogen-bond acceptors (Lipinski definition) is 4. The zero-order chi connectivity index (χ0) is 32.2. The Balaban J connectivity index is 1.77. The summed E-state index contributed by atoms with van der Waals surface area (Å²) in [6.07, 6.45) is 2.81. The van der Waals surface area contributed by atoms with Crippen LogP contribution in [-0.2, 0) is 39.0 Å². The highest BCUT2D eigenvalue weighted by Crippen LogP contribution is 2.26. The summed E-state index contributed by atoms with van der Waals surface area (Å²) in [5.41, 5.74) is 4.25. The van der Waals surface area contributed by atoms with E-state index < -0.39 is 28.5 Å². The lowest BCUT2D eigenvalue weighted by Gasteiger charge is -2.34. The summed E-state index contributed by atoms with van der Waals surface area (Å²) in [5, 5.41) is 3.02. The number of nitrogens with one attached hydrogen (secondary N) is 1. The first-order chi connectivity index (χ1) is 21.7. The van der Waals surface area contributed by atoms with E-state index >= 15 is 0 Å². The molecule has 2 amide bonds. The van der Waals surface area contributed by atoms with Crippen LogP contribution in [0.25, 0.3) is 0 Å². The molecule has 7 nitrogen and oxygen atoms in total. The number of aryl methyl sites for hydroxylation is 2. The first-order valence-corrected chi connectivity index (χ1v) is 17.0. The van der Waals surface area contributed by atoms with Crippen molar-refractivity contribution in [3.63, 3.8) is 0 Å². The molecule has 0 aliphatic rings. The highest BCUT2D eigenvalue weighted by molar-refractivity contribution is 7.92. The molecule has 4 rings (SSSR count). The van der Waals surface area contributed by atoms with Gasteiger partial charge in [0.05, 0.1) is 10.6 Å². The number of nitrogens with zero attached hydrogens (tertiary/aromatic N) is 2. The fraction of sp³-hybridized carbons (Fsp3) is 0.297. The van der Waals surface area contributed by atoms with Crippen LogP contribution in [0.5, 0.6) is 0 Å².